The summed E-state index contributed by atoms with van der Waals surface area (Å²) in [7, 11) is 2.11. The smallest absolute Gasteiger partial charge is 0.196 e. The molecule has 1 fully saturated rings. The Balaban J connectivity index is 0.000000265. The Morgan fingerprint density at radius 3 is 2.34 bits per heavy atom. The van der Waals surface area contributed by atoms with Crippen LogP contribution < -0.4 is 4.74 Å². The lowest BCUT2D eigenvalue weighted by molar-refractivity contribution is 0.0503. The van der Waals surface area contributed by atoms with E-state index in [1.54, 1.807) is 0 Å². The van der Waals surface area contributed by atoms with Gasteiger partial charge in [0.25, 0.3) is 0 Å². The number of fused-ring (bicyclic) bond motifs is 1. The van der Waals surface area contributed by atoms with Gasteiger partial charge in [-0.25, -0.2) is 0 Å². The zero-order chi connectivity index (χ0) is 22.1. The van der Waals surface area contributed by atoms with Gasteiger partial charge < -0.3 is 18.9 Å². The number of benzene rings is 3. The molecule has 6 rings (SSSR count). The van der Waals surface area contributed by atoms with Crippen LogP contribution in [0.5, 0.6) is 5.75 Å². The molecule has 2 aliphatic rings. The van der Waals surface area contributed by atoms with Crippen LogP contribution in [0.4, 0.5) is 0 Å². The Hall–Kier alpha value is -3.15. The van der Waals surface area contributed by atoms with E-state index in [2.05, 4.69) is 16.5 Å². The molecule has 1 aromatic heterocycles. The highest BCUT2D eigenvalue weighted by Crippen LogP contribution is 2.36. The molecule has 5 heteroatoms. The number of hydrogen-bond donors (Lipinski definition) is 0. The van der Waals surface area contributed by atoms with Gasteiger partial charge >= 0.3 is 0 Å². The van der Waals surface area contributed by atoms with E-state index < -0.39 is 0 Å². The van der Waals surface area contributed by atoms with Crippen LogP contribution in [0.3, 0.4) is 0 Å². The second-order valence-electron chi connectivity index (χ2n) is 8.38. The van der Waals surface area contributed by atoms with Gasteiger partial charge in [-0.2, -0.15) is 0 Å². The first kappa shape index (κ1) is 20.7. The van der Waals surface area contributed by atoms with E-state index in [0.717, 1.165) is 77.1 Å². The summed E-state index contributed by atoms with van der Waals surface area (Å²) < 4.78 is 13.1. The molecule has 0 atom stereocenters. The van der Waals surface area contributed by atoms with Crippen LogP contribution in [0.15, 0.2) is 60.7 Å². The van der Waals surface area contributed by atoms with Crippen LogP contribution >= 0.6 is 0 Å². The number of aromatic nitrogens is 1. The lowest BCUT2D eigenvalue weighted by Gasteiger charge is -2.21. The second-order valence-corrected chi connectivity index (χ2v) is 8.38. The van der Waals surface area contributed by atoms with Gasteiger partial charge in [-0.3, -0.25) is 4.79 Å². The number of para-hydroxylation sites is 1. The van der Waals surface area contributed by atoms with Gasteiger partial charge in [0, 0.05) is 29.7 Å². The molecule has 0 N–H and O–H groups in total. The minimum atomic E-state index is 0.0806. The van der Waals surface area contributed by atoms with Crippen molar-refractivity contribution in [2.75, 3.05) is 40.0 Å². The third kappa shape index (κ3) is 3.68. The molecule has 0 radical (unpaired) electrons. The number of morpholine rings is 1. The van der Waals surface area contributed by atoms with Crippen LogP contribution in [0.25, 0.3) is 21.7 Å². The van der Waals surface area contributed by atoms with Crippen molar-refractivity contribution in [2.24, 2.45) is 0 Å². The van der Waals surface area contributed by atoms with Gasteiger partial charge in [0.15, 0.2) is 5.78 Å². The fraction of sp³-hybridized carbons (Fsp3) is 0.296. The average Bonchev–Trinajstić information content (AvgIpc) is 3.13. The van der Waals surface area contributed by atoms with E-state index in [-0.39, 0.29) is 5.78 Å². The predicted molar refractivity (Wildman–Crippen MR) is 128 cm³/mol. The molecule has 0 unspecified atom stereocenters. The number of nitrogens with zero attached hydrogens (tertiary/aromatic N) is 2. The molecule has 2 aliphatic heterocycles. The number of ketones is 1. The van der Waals surface area contributed by atoms with Gasteiger partial charge in [-0.15, -0.1) is 0 Å². The van der Waals surface area contributed by atoms with Crippen molar-refractivity contribution in [3.63, 3.8) is 0 Å². The predicted octanol–water partition coefficient (Wildman–Crippen LogP) is 4.67. The lowest BCUT2D eigenvalue weighted by Crippen LogP contribution is -2.32. The Labute approximate surface area is 188 Å². The quantitative estimate of drug-likeness (QED) is 0.435. The van der Waals surface area contributed by atoms with Crippen LogP contribution in [-0.4, -0.2) is 55.2 Å². The largest absolute Gasteiger partial charge is 0.490 e. The van der Waals surface area contributed by atoms with Crippen molar-refractivity contribution in [2.45, 2.75) is 13.5 Å². The zero-order valence-electron chi connectivity index (χ0n) is 18.6. The van der Waals surface area contributed by atoms with E-state index in [1.807, 2.05) is 67.6 Å². The highest BCUT2D eigenvalue weighted by molar-refractivity contribution is 6.22. The van der Waals surface area contributed by atoms with Crippen molar-refractivity contribution >= 4 is 27.5 Å². The van der Waals surface area contributed by atoms with Gasteiger partial charge in [0.05, 0.1) is 30.8 Å². The molecule has 5 nitrogen and oxygen atoms in total. The highest BCUT2D eigenvalue weighted by atomic mass is 16.5. The van der Waals surface area contributed by atoms with Crippen LogP contribution in [-0.2, 0) is 11.3 Å². The molecule has 3 aromatic carbocycles. The molecule has 164 valence electrons. The maximum Gasteiger partial charge on any atom is 0.196 e. The van der Waals surface area contributed by atoms with Crippen LogP contribution in [0.2, 0.25) is 0 Å². The topological polar surface area (TPSA) is 43.7 Å². The molecule has 4 aromatic rings. The van der Waals surface area contributed by atoms with E-state index in [4.69, 9.17) is 9.47 Å². The summed E-state index contributed by atoms with van der Waals surface area (Å²) in [5, 5.41) is 3.06. The molecule has 32 heavy (non-hydrogen) atoms. The SMILES string of the molecule is CN1CCOCC1.Cc1c(C(=O)c2cccc3ccccc23)c2cccc3c2n1CCO3. The van der Waals surface area contributed by atoms with Crippen LogP contribution in [0.1, 0.15) is 21.6 Å². The third-order valence-electron chi connectivity index (χ3n) is 6.37. The maximum atomic E-state index is 13.5. The number of carbonyl (C=O) groups is 1. The summed E-state index contributed by atoms with van der Waals surface area (Å²) in [6.45, 7) is 7.48. The van der Waals surface area contributed by atoms with E-state index in [0.29, 0.717) is 6.61 Å². The Morgan fingerprint density at radius 1 is 0.844 bits per heavy atom. The number of carbonyl (C=O) groups excluding carboxylic acids is 1. The Morgan fingerprint density at radius 2 is 1.56 bits per heavy atom. The van der Waals surface area contributed by atoms with Gasteiger partial charge in [0.2, 0.25) is 0 Å². The van der Waals surface area contributed by atoms with E-state index >= 15 is 0 Å². The minimum Gasteiger partial charge on any atom is -0.490 e. The highest BCUT2D eigenvalue weighted by Gasteiger charge is 2.25. The van der Waals surface area contributed by atoms with Gasteiger partial charge in [-0.05, 0) is 30.8 Å². The monoisotopic (exact) mass is 428 g/mol. The van der Waals surface area contributed by atoms with Crippen molar-refractivity contribution < 1.29 is 14.3 Å². The summed E-state index contributed by atoms with van der Waals surface area (Å²) >= 11 is 0. The summed E-state index contributed by atoms with van der Waals surface area (Å²) in [5.41, 5.74) is 3.60. The number of ether oxygens (including phenoxy) is 2. The number of hydrogen-bond acceptors (Lipinski definition) is 4. The lowest BCUT2D eigenvalue weighted by atomic mass is 9.95. The van der Waals surface area contributed by atoms with Crippen molar-refractivity contribution in [3.8, 4) is 5.75 Å². The Kier molecular flexibility index (Phi) is 5.68. The first-order valence-corrected chi connectivity index (χ1v) is 11.2. The normalized spacial score (nSPS) is 15.8. The summed E-state index contributed by atoms with van der Waals surface area (Å²) in [5.74, 6) is 0.945. The minimum absolute atomic E-state index is 0.0806. The maximum absolute atomic E-state index is 13.5. The number of likely N-dealkylation sites (N-methyl/N-ethyl adjacent to an activating group) is 1. The van der Waals surface area contributed by atoms with Crippen molar-refractivity contribution in [3.05, 3.63) is 77.5 Å². The summed E-state index contributed by atoms with van der Waals surface area (Å²) in [6, 6.07) is 19.9. The molecule has 0 aliphatic carbocycles. The Bertz CT molecular complexity index is 1280. The first-order chi connectivity index (χ1) is 15.6. The fourth-order valence-corrected chi connectivity index (χ4v) is 4.64. The molecule has 0 saturated carbocycles. The van der Waals surface area contributed by atoms with Gasteiger partial charge in [0.1, 0.15) is 12.4 Å². The summed E-state index contributed by atoms with van der Waals surface area (Å²) in [4.78, 5) is 15.8. The molecule has 1 saturated heterocycles. The van der Waals surface area contributed by atoms with Gasteiger partial charge in [-0.1, -0.05) is 54.6 Å². The van der Waals surface area contributed by atoms with E-state index in [9.17, 15) is 4.79 Å². The molecule has 3 heterocycles. The molecular weight excluding hydrogens is 400 g/mol. The second kappa shape index (κ2) is 8.77. The average molecular weight is 429 g/mol. The van der Waals surface area contributed by atoms with E-state index in [1.165, 1.54) is 0 Å². The van der Waals surface area contributed by atoms with Crippen LogP contribution in [0, 0.1) is 6.92 Å². The fourth-order valence-electron chi connectivity index (χ4n) is 4.64. The molecule has 0 amide bonds. The number of rotatable bonds is 2. The molecule has 0 spiro atoms. The molecule has 0 bridgehead atoms. The summed E-state index contributed by atoms with van der Waals surface area (Å²) in [6.07, 6.45) is 0. The standard InChI is InChI=1S/C22H17NO2.C5H11NO/c1-14-20(18-10-5-11-19-21(18)23(14)12-13-25-19)22(24)17-9-4-7-15-6-2-3-8-16(15)17;1-6-2-4-7-5-3-6/h2-11H,12-13H2,1H3;2-5H2,1H3. The molecular formula is C27H28N2O3. The zero-order valence-corrected chi connectivity index (χ0v) is 18.6. The third-order valence-corrected chi connectivity index (χ3v) is 6.37. The van der Waals surface area contributed by atoms with Crippen molar-refractivity contribution in [1.82, 2.24) is 9.47 Å². The first-order valence-electron chi connectivity index (χ1n) is 11.2. The van der Waals surface area contributed by atoms with Crippen molar-refractivity contribution in [1.29, 1.82) is 0 Å².